The lowest BCUT2D eigenvalue weighted by atomic mass is 9.97. The van der Waals surface area contributed by atoms with E-state index in [9.17, 15) is 31.2 Å². The number of carbonyl (C=O) groups excluding carboxylic acids is 2. The Morgan fingerprint density at radius 2 is 1.75 bits per heavy atom. The SMILES string of the molecule is CS(=O)(=O)Nc1ccccc1-c1cc(F)c(N2CCC[C@@H](NC(=O)Nc3ccc(Cl)cc3)C2=O)c(C(F)(F)F)c1. The smallest absolute Gasteiger partial charge is 0.326 e. The molecule has 14 heteroatoms. The molecule has 1 atom stereocenters. The van der Waals surface area contributed by atoms with Gasteiger partial charge in [0.1, 0.15) is 11.9 Å². The van der Waals surface area contributed by atoms with E-state index in [0.29, 0.717) is 21.7 Å². The van der Waals surface area contributed by atoms with Crippen LogP contribution < -0.4 is 20.3 Å². The number of nitrogens with zero attached hydrogens (tertiary/aromatic N) is 1. The summed E-state index contributed by atoms with van der Waals surface area (Å²) in [5.41, 5.74) is -2.31. The fourth-order valence-corrected chi connectivity index (χ4v) is 5.06. The first-order valence-electron chi connectivity index (χ1n) is 11.9. The number of para-hydroxylation sites is 1. The summed E-state index contributed by atoms with van der Waals surface area (Å²) in [7, 11) is -3.79. The summed E-state index contributed by atoms with van der Waals surface area (Å²) in [6.45, 7) is -0.207. The van der Waals surface area contributed by atoms with Crippen LogP contribution in [0.1, 0.15) is 18.4 Å². The lowest BCUT2D eigenvalue weighted by Crippen LogP contribution is -2.53. The number of amides is 3. The van der Waals surface area contributed by atoms with Crippen molar-refractivity contribution in [3.63, 3.8) is 0 Å². The molecule has 1 saturated heterocycles. The maximum Gasteiger partial charge on any atom is 0.418 e. The Bertz CT molecular complexity index is 1550. The van der Waals surface area contributed by atoms with Gasteiger partial charge in [-0.2, -0.15) is 13.2 Å². The van der Waals surface area contributed by atoms with Crippen LogP contribution in [0.2, 0.25) is 5.02 Å². The number of hydrogen-bond acceptors (Lipinski definition) is 4. The molecule has 0 unspecified atom stereocenters. The monoisotopic (exact) mass is 598 g/mol. The van der Waals surface area contributed by atoms with Gasteiger partial charge in [0.05, 0.1) is 23.2 Å². The van der Waals surface area contributed by atoms with Gasteiger partial charge in [-0.25, -0.2) is 17.6 Å². The number of anilines is 3. The second kappa shape index (κ2) is 11.3. The Kier molecular flexibility index (Phi) is 8.26. The van der Waals surface area contributed by atoms with Crippen molar-refractivity contribution in [2.24, 2.45) is 0 Å². The highest BCUT2D eigenvalue weighted by Gasteiger charge is 2.41. The van der Waals surface area contributed by atoms with Gasteiger partial charge in [0.15, 0.2) is 0 Å². The van der Waals surface area contributed by atoms with Gasteiger partial charge in [-0.05, 0) is 60.9 Å². The van der Waals surface area contributed by atoms with Crippen molar-refractivity contribution in [2.45, 2.75) is 25.1 Å². The van der Waals surface area contributed by atoms with E-state index in [0.717, 1.165) is 12.3 Å². The summed E-state index contributed by atoms with van der Waals surface area (Å²) in [6.07, 6.45) is -3.87. The maximum absolute atomic E-state index is 15.5. The van der Waals surface area contributed by atoms with Crippen LogP contribution in [0.5, 0.6) is 0 Å². The molecule has 1 aliphatic rings. The van der Waals surface area contributed by atoms with Gasteiger partial charge in [0.2, 0.25) is 15.9 Å². The molecule has 1 heterocycles. The van der Waals surface area contributed by atoms with Crippen LogP contribution in [0.15, 0.2) is 60.7 Å². The molecular formula is C26H23ClF4N4O4S. The average Bonchev–Trinajstić information content (AvgIpc) is 2.85. The largest absolute Gasteiger partial charge is 0.418 e. The fraction of sp³-hybridized carbons (Fsp3) is 0.231. The Morgan fingerprint density at radius 3 is 2.40 bits per heavy atom. The summed E-state index contributed by atoms with van der Waals surface area (Å²) in [4.78, 5) is 26.3. The van der Waals surface area contributed by atoms with E-state index in [4.69, 9.17) is 11.6 Å². The predicted octanol–water partition coefficient (Wildman–Crippen LogP) is 5.85. The summed E-state index contributed by atoms with van der Waals surface area (Å²) < 4.78 is 84.0. The normalized spacial score (nSPS) is 16.0. The first-order chi connectivity index (χ1) is 18.7. The standard InChI is InChI=1S/C26H23ClF4N4O4S/c1-40(38,39)34-21-6-3-2-5-18(21)15-13-19(26(29,30)31)23(20(28)14-15)35-12-4-7-22(24(35)36)33-25(37)32-17-10-8-16(27)9-11-17/h2-3,5-6,8-11,13-14,22,34H,4,7,12H2,1H3,(H2,32,33,37)/t22-/m1/s1. The Labute approximate surface area is 232 Å². The number of nitrogens with one attached hydrogen (secondary N) is 3. The van der Waals surface area contributed by atoms with Crippen molar-refractivity contribution in [3.8, 4) is 11.1 Å². The molecule has 3 amide bonds. The zero-order valence-electron chi connectivity index (χ0n) is 20.9. The zero-order valence-corrected chi connectivity index (χ0v) is 22.4. The Morgan fingerprint density at radius 1 is 1.07 bits per heavy atom. The third kappa shape index (κ3) is 6.83. The van der Waals surface area contributed by atoms with Crippen LogP contribution in [0.25, 0.3) is 11.1 Å². The molecule has 3 aromatic rings. The summed E-state index contributed by atoms with van der Waals surface area (Å²) in [5, 5.41) is 5.37. The maximum atomic E-state index is 15.5. The van der Waals surface area contributed by atoms with E-state index < -0.39 is 51.2 Å². The molecule has 0 aromatic heterocycles. The molecule has 1 fully saturated rings. The molecule has 40 heavy (non-hydrogen) atoms. The lowest BCUT2D eigenvalue weighted by Gasteiger charge is -2.34. The van der Waals surface area contributed by atoms with Gasteiger partial charge >= 0.3 is 12.2 Å². The number of halogens is 5. The van der Waals surface area contributed by atoms with Crippen molar-refractivity contribution in [3.05, 3.63) is 77.1 Å². The van der Waals surface area contributed by atoms with E-state index >= 15 is 4.39 Å². The number of sulfonamides is 1. The molecule has 8 nitrogen and oxygen atoms in total. The summed E-state index contributed by atoms with van der Waals surface area (Å²) in [6, 6.07) is 11.2. The number of piperidine rings is 1. The lowest BCUT2D eigenvalue weighted by molar-refractivity contribution is -0.137. The van der Waals surface area contributed by atoms with Crippen molar-refractivity contribution in [1.82, 2.24) is 5.32 Å². The van der Waals surface area contributed by atoms with E-state index in [-0.39, 0.29) is 36.2 Å². The molecule has 0 spiro atoms. The molecule has 3 aromatic carbocycles. The van der Waals surface area contributed by atoms with Gasteiger partial charge in [0.25, 0.3) is 0 Å². The molecule has 3 N–H and O–H groups in total. The molecule has 0 aliphatic carbocycles. The minimum atomic E-state index is -5.07. The van der Waals surface area contributed by atoms with Gasteiger partial charge in [-0.15, -0.1) is 0 Å². The first kappa shape index (κ1) is 29.2. The minimum absolute atomic E-state index is 0.00672. The quantitative estimate of drug-likeness (QED) is 0.309. The predicted molar refractivity (Wildman–Crippen MR) is 144 cm³/mol. The highest BCUT2D eigenvalue weighted by Crippen LogP contribution is 2.43. The Hall–Kier alpha value is -3.84. The second-order valence-electron chi connectivity index (χ2n) is 9.06. The highest BCUT2D eigenvalue weighted by atomic mass is 35.5. The van der Waals surface area contributed by atoms with Gasteiger partial charge in [-0.3, -0.25) is 9.52 Å². The number of alkyl halides is 3. The molecular weight excluding hydrogens is 576 g/mol. The topological polar surface area (TPSA) is 108 Å². The summed E-state index contributed by atoms with van der Waals surface area (Å²) in [5.74, 6) is -2.24. The number of urea groups is 1. The third-order valence-electron chi connectivity index (χ3n) is 6.02. The molecule has 0 saturated carbocycles. The zero-order chi connectivity index (χ0) is 29.2. The summed E-state index contributed by atoms with van der Waals surface area (Å²) >= 11 is 5.82. The number of benzene rings is 3. The van der Waals surface area contributed by atoms with Crippen LogP contribution >= 0.6 is 11.6 Å². The number of rotatable bonds is 6. The number of carbonyl (C=O) groups is 2. The molecule has 1 aliphatic heterocycles. The van der Waals surface area contributed by atoms with Crippen molar-refractivity contribution in [2.75, 3.05) is 27.7 Å². The van der Waals surface area contributed by atoms with Crippen LogP contribution in [-0.4, -0.2) is 39.2 Å². The average molecular weight is 599 g/mol. The van der Waals surface area contributed by atoms with Gasteiger partial charge in [0, 0.05) is 22.8 Å². The second-order valence-corrected chi connectivity index (χ2v) is 11.2. The third-order valence-corrected chi connectivity index (χ3v) is 6.86. The minimum Gasteiger partial charge on any atom is -0.326 e. The van der Waals surface area contributed by atoms with Gasteiger partial charge < -0.3 is 15.5 Å². The van der Waals surface area contributed by atoms with E-state index in [1.165, 1.54) is 48.5 Å². The van der Waals surface area contributed by atoms with Crippen molar-refractivity contribution >= 4 is 50.6 Å². The van der Waals surface area contributed by atoms with Crippen LogP contribution in [0.3, 0.4) is 0 Å². The van der Waals surface area contributed by atoms with Crippen LogP contribution in [0, 0.1) is 5.82 Å². The van der Waals surface area contributed by atoms with E-state index in [1.807, 2.05) is 0 Å². The van der Waals surface area contributed by atoms with Crippen molar-refractivity contribution in [1.29, 1.82) is 0 Å². The molecule has 0 radical (unpaired) electrons. The fourth-order valence-electron chi connectivity index (χ4n) is 4.36. The molecule has 0 bridgehead atoms. The molecule has 212 valence electrons. The van der Waals surface area contributed by atoms with Gasteiger partial charge in [-0.1, -0.05) is 29.8 Å². The van der Waals surface area contributed by atoms with Crippen LogP contribution in [-0.2, 0) is 21.0 Å². The van der Waals surface area contributed by atoms with Crippen LogP contribution in [0.4, 0.5) is 39.4 Å². The Balaban J connectivity index is 1.66. The van der Waals surface area contributed by atoms with E-state index in [1.54, 1.807) is 0 Å². The first-order valence-corrected chi connectivity index (χ1v) is 14.1. The van der Waals surface area contributed by atoms with E-state index in [2.05, 4.69) is 15.4 Å². The van der Waals surface area contributed by atoms with Crippen molar-refractivity contribution < 1.29 is 35.6 Å². The number of hydrogen-bond donors (Lipinski definition) is 3. The molecule has 4 rings (SSSR count). The highest BCUT2D eigenvalue weighted by molar-refractivity contribution is 7.92.